The number of amides is 1. The van der Waals surface area contributed by atoms with Gasteiger partial charge in [0.05, 0.1) is 0 Å². The molecule has 0 unspecified atom stereocenters. The molecule has 0 spiro atoms. The van der Waals surface area contributed by atoms with Crippen molar-refractivity contribution in [1.29, 1.82) is 0 Å². The normalized spacial score (nSPS) is 10.7. The van der Waals surface area contributed by atoms with E-state index in [2.05, 4.69) is 38.5 Å². The Labute approximate surface area is 170 Å². The van der Waals surface area contributed by atoms with Crippen molar-refractivity contribution >= 4 is 47.2 Å². The van der Waals surface area contributed by atoms with E-state index >= 15 is 0 Å². The Morgan fingerprint density at radius 1 is 1.12 bits per heavy atom. The monoisotopic (exact) mass is 472 g/mol. The van der Waals surface area contributed by atoms with Crippen molar-refractivity contribution in [2.75, 3.05) is 20.1 Å². The van der Waals surface area contributed by atoms with Gasteiger partial charge in [-0.15, -0.1) is 35.3 Å². The predicted octanol–water partition coefficient (Wildman–Crippen LogP) is 3.02. The lowest BCUT2D eigenvalue weighted by atomic mass is 10.1. The van der Waals surface area contributed by atoms with Gasteiger partial charge in [0.25, 0.3) is 5.91 Å². The highest BCUT2D eigenvalue weighted by molar-refractivity contribution is 14.0. The number of aliphatic imine (C=N–C) groups is 1. The summed E-state index contributed by atoms with van der Waals surface area (Å²) in [5.74, 6) is 0.738. The van der Waals surface area contributed by atoms with Crippen LogP contribution in [0.4, 0.5) is 0 Å². The number of nitrogens with one attached hydrogen (secondary N) is 3. The predicted molar refractivity (Wildman–Crippen MR) is 116 cm³/mol. The highest BCUT2D eigenvalue weighted by atomic mass is 127. The Balaban J connectivity index is 0.00000312. The van der Waals surface area contributed by atoms with Crippen LogP contribution in [0.25, 0.3) is 0 Å². The number of nitrogens with zero attached hydrogens (tertiary/aromatic N) is 1. The Morgan fingerprint density at radius 2 is 1.88 bits per heavy atom. The first kappa shape index (κ1) is 21.4. The van der Waals surface area contributed by atoms with Gasteiger partial charge < -0.3 is 16.0 Å². The number of carbonyl (C=O) groups excluding carboxylic acids is 1. The molecule has 1 heterocycles. The van der Waals surface area contributed by atoms with Crippen LogP contribution >= 0.6 is 35.3 Å². The SMILES string of the molecule is CCNC(=O)c1ccc(CNC(=NC)NCCc2cccs2)cc1.I. The fourth-order valence-corrected chi connectivity index (χ4v) is 2.91. The number of carbonyl (C=O) groups is 1. The van der Waals surface area contributed by atoms with Crippen molar-refractivity contribution in [3.63, 3.8) is 0 Å². The van der Waals surface area contributed by atoms with Crippen molar-refractivity contribution in [2.45, 2.75) is 19.9 Å². The summed E-state index contributed by atoms with van der Waals surface area (Å²) >= 11 is 1.77. The Bertz CT molecular complexity index is 656. The molecule has 2 rings (SSSR count). The zero-order chi connectivity index (χ0) is 17.2. The molecular formula is C18H25IN4OS. The summed E-state index contributed by atoms with van der Waals surface area (Å²) < 4.78 is 0. The molecule has 1 aromatic carbocycles. The standard InChI is InChI=1S/C18H24N4OS.HI/c1-3-20-17(23)15-8-6-14(7-9-15)13-22-18(19-2)21-11-10-16-5-4-12-24-16;/h4-9,12H,3,10-11,13H2,1-2H3,(H,20,23)(H2,19,21,22);1H. The van der Waals surface area contributed by atoms with Gasteiger partial charge >= 0.3 is 0 Å². The molecule has 0 fully saturated rings. The van der Waals surface area contributed by atoms with Gasteiger partial charge in [0.1, 0.15) is 0 Å². The lowest BCUT2D eigenvalue weighted by Crippen LogP contribution is -2.37. The van der Waals surface area contributed by atoms with Gasteiger partial charge in [0.2, 0.25) is 0 Å². The third kappa shape index (κ3) is 7.43. The van der Waals surface area contributed by atoms with Gasteiger partial charge in [-0.25, -0.2) is 0 Å². The maximum Gasteiger partial charge on any atom is 0.251 e. The molecule has 0 radical (unpaired) electrons. The number of halogens is 1. The fraction of sp³-hybridized carbons (Fsp3) is 0.333. The van der Waals surface area contributed by atoms with Crippen LogP contribution in [0.5, 0.6) is 0 Å². The second-order valence-electron chi connectivity index (χ2n) is 5.24. The Morgan fingerprint density at radius 3 is 2.48 bits per heavy atom. The molecule has 0 atom stereocenters. The zero-order valence-electron chi connectivity index (χ0n) is 14.5. The lowest BCUT2D eigenvalue weighted by molar-refractivity contribution is 0.0956. The first-order chi connectivity index (χ1) is 11.7. The van der Waals surface area contributed by atoms with Crippen LogP contribution in [0.1, 0.15) is 27.7 Å². The van der Waals surface area contributed by atoms with E-state index < -0.39 is 0 Å². The number of thiophene rings is 1. The molecule has 25 heavy (non-hydrogen) atoms. The molecule has 5 nitrogen and oxygen atoms in total. The molecule has 0 aliphatic carbocycles. The molecule has 0 saturated heterocycles. The van der Waals surface area contributed by atoms with Gasteiger partial charge in [-0.1, -0.05) is 18.2 Å². The maximum atomic E-state index is 11.7. The van der Waals surface area contributed by atoms with Crippen molar-refractivity contribution in [2.24, 2.45) is 4.99 Å². The summed E-state index contributed by atoms with van der Waals surface area (Å²) in [6, 6.07) is 11.8. The number of guanidine groups is 1. The molecule has 7 heteroatoms. The third-order valence-corrected chi connectivity index (χ3v) is 4.42. The first-order valence-corrected chi connectivity index (χ1v) is 8.95. The fourth-order valence-electron chi connectivity index (χ4n) is 2.20. The summed E-state index contributed by atoms with van der Waals surface area (Å²) in [6.07, 6.45) is 0.986. The van der Waals surface area contributed by atoms with E-state index in [1.165, 1.54) is 4.88 Å². The molecule has 136 valence electrons. The summed E-state index contributed by atoms with van der Waals surface area (Å²) in [4.78, 5) is 17.3. The second-order valence-corrected chi connectivity index (χ2v) is 6.27. The van der Waals surface area contributed by atoms with Crippen molar-refractivity contribution in [3.8, 4) is 0 Å². The summed E-state index contributed by atoms with van der Waals surface area (Å²) in [5.41, 5.74) is 1.78. The van der Waals surface area contributed by atoms with Gasteiger partial charge in [0, 0.05) is 37.1 Å². The van der Waals surface area contributed by atoms with Crippen LogP contribution in [-0.2, 0) is 13.0 Å². The van der Waals surface area contributed by atoms with Crippen LogP contribution in [0, 0.1) is 0 Å². The lowest BCUT2D eigenvalue weighted by Gasteiger charge is -2.12. The van der Waals surface area contributed by atoms with E-state index in [1.54, 1.807) is 18.4 Å². The molecule has 0 aliphatic rings. The average molecular weight is 472 g/mol. The van der Waals surface area contributed by atoms with Gasteiger partial charge in [-0.3, -0.25) is 9.79 Å². The third-order valence-electron chi connectivity index (χ3n) is 3.48. The average Bonchev–Trinajstić information content (AvgIpc) is 3.12. The van der Waals surface area contributed by atoms with E-state index in [9.17, 15) is 4.79 Å². The molecule has 0 bridgehead atoms. The van der Waals surface area contributed by atoms with Crippen LogP contribution in [0.15, 0.2) is 46.8 Å². The molecule has 0 aliphatic heterocycles. The Kier molecular flexibility index (Phi) is 10.2. The number of hydrogen-bond acceptors (Lipinski definition) is 3. The molecule has 1 amide bonds. The van der Waals surface area contributed by atoms with Crippen molar-refractivity contribution in [1.82, 2.24) is 16.0 Å². The molecule has 3 N–H and O–H groups in total. The van der Waals surface area contributed by atoms with E-state index in [0.29, 0.717) is 18.7 Å². The smallest absolute Gasteiger partial charge is 0.251 e. The van der Waals surface area contributed by atoms with Gasteiger partial charge in [0.15, 0.2) is 5.96 Å². The maximum absolute atomic E-state index is 11.7. The molecule has 2 aromatic rings. The second kappa shape index (κ2) is 11.9. The Hall–Kier alpha value is -1.61. The van der Waals surface area contributed by atoms with E-state index in [4.69, 9.17) is 0 Å². The minimum Gasteiger partial charge on any atom is -0.356 e. The largest absolute Gasteiger partial charge is 0.356 e. The number of rotatable bonds is 7. The van der Waals surface area contributed by atoms with Crippen LogP contribution in [0.2, 0.25) is 0 Å². The number of benzene rings is 1. The quantitative estimate of drug-likeness (QED) is 0.330. The minimum absolute atomic E-state index is 0. The van der Waals surface area contributed by atoms with Crippen LogP contribution in [-0.4, -0.2) is 32.0 Å². The minimum atomic E-state index is -0.0388. The topological polar surface area (TPSA) is 65.5 Å². The summed E-state index contributed by atoms with van der Waals surface area (Å²) in [7, 11) is 1.76. The van der Waals surface area contributed by atoms with Gasteiger partial charge in [-0.05, 0) is 42.5 Å². The highest BCUT2D eigenvalue weighted by Crippen LogP contribution is 2.08. The van der Waals surface area contributed by atoms with Crippen LogP contribution in [0.3, 0.4) is 0 Å². The van der Waals surface area contributed by atoms with E-state index in [1.807, 2.05) is 31.2 Å². The molecule has 0 saturated carbocycles. The first-order valence-electron chi connectivity index (χ1n) is 8.07. The van der Waals surface area contributed by atoms with Crippen LogP contribution < -0.4 is 16.0 Å². The van der Waals surface area contributed by atoms with Gasteiger partial charge in [-0.2, -0.15) is 0 Å². The number of hydrogen-bond donors (Lipinski definition) is 3. The molecule has 1 aromatic heterocycles. The summed E-state index contributed by atoms with van der Waals surface area (Å²) in [6.45, 7) is 4.05. The van der Waals surface area contributed by atoms with Crippen molar-refractivity contribution in [3.05, 3.63) is 57.8 Å². The molecular weight excluding hydrogens is 447 g/mol. The van der Waals surface area contributed by atoms with Crippen molar-refractivity contribution < 1.29 is 4.79 Å². The van der Waals surface area contributed by atoms with E-state index in [-0.39, 0.29) is 29.9 Å². The van der Waals surface area contributed by atoms with E-state index in [0.717, 1.165) is 24.5 Å². The summed E-state index contributed by atoms with van der Waals surface area (Å²) in [5, 5.41) is 11.5. The zero-order valence-corrected chi connectivity index (χ0v) is 17.7. The highest BCUT2D eigenvalue weighted by Gasteiger charge is 2.04.